The molecule has 1 aliphatic heterocycles. The Labute approximate surface area is 160 Å². The predicted octanol–water partition coefficient (Wildman–Crippen LogP) is 3.66. The number of fused-ring (bicyclic) bond motifs is 1. The Kier molecular flexibility index (Phi) is 4.70. The maximum absolute atomic E-state index is 13.2. The Morgan fingerprint density at radius 1 is 1.19 bits per heavy atom. The number of aryl methyl sites for hydroxylation is 2. The SMILES string of the molecule is Cc1noc(C)c1CN(C)C(=O)C1(C)CCc2c(C)c(O)c(C)c(C)c2O1. The maximum Gasteiger partial charge on any atom is 0.266 e. The van der Waals surface area contributed by atoms with Gasteiger partial charge in [-0.2, -0.15) is 0 Å². The van der Waals surface area contributed by atoms with Crippen LogP contribution in [0, 0.1) is 34.6 Å². The van der Waals surface area contributed by atoms with Gasteiger partial charge in [0.05, 0.1) is 12.2 Å². The van der Waals surface area contributed by atoms with Gasteiger partial charge >= 0.3 is 0 Å². The second-order valence-electron chi connectivity index (χ2n) is 7.83. The molecule has 6 nitrogen and oxygen atoms in total. The summed E-state index contributed by atoms with van der Waals surface area (Å²) in [5.74, 6) is 1.71. The van der Waals surface area contributed by atoms with Crippen molar-refractivity contribution in [2.75, 3.05) is 7.05 Å². The number of phenols is 1. The van der Waals surface area contributed by atoms with Crippen LogP contribution in [0.1, 0.15) is 52.6 Å². The van der Waals surface area contributed by atoms with Crippen molar-refractivity contribution in [3.63, 3.8) is 0 Å². The minimum Gasteiger partial charge on any atom is -0.507 e. The van der Waals surface area contributed by atoms with E-state index in [0.717, 1.165) is 45.0 Å². The molecule has 0 bridgehead atoms. The standard InChI is InChI=1S/C21H28N2O4/c1-11-12(2)19-16(13(3)18(11)24)8-9-21(6,26-19)20(25)23(7)10-17-14(4)22-27-15(17)5/h24H,8-10H2,1-7H3. The number of ether oxygens (including phenoxy) is 1. The van der Waals surface area contributed by atoms with Gasteiger partial charge in [0.25, 0.3) is 5.91 Å². The van der Waals surface area contributed by atoms with Crippen LogP contribution in [0.2, 0.25) is 0 Å². The van der Waals surface area contributed by atoms with Crippen molar-refractivity contribution in [2.45, 2.75) is 66.5 Å². The molecular formula is C21H28N2O4. The molecule has 1 aromatic carbocycles. The molecule has 1 amide bonds. The van der Waals surface area contributed by atoms with Gasteiger partial charge in [0.1, 0.15) is 17.3 Å². The molecule has 146 valence electrons. The molecule has 2 heterocycles. The highest BCUT2D eigenvalue weighted by atomic mass is 16.5. The first-order chi connectivity index (χ1) is 12.6. The third kappa shape index (κ3) is 3.07. The second kappa shape index (κ2) is 6.59. The lowest BCUT2D eigenvalue weighted by Gasteiger charge is -2.38. The van der Waals surface area contributed by atoms with Gasteiger partial charge in [0.15, 0.2) is 5.60 Å². The molecule has 0 saturated carbocycles. The molecule has 0 fully saturated rings. The van der Waals surface area contributed by atoms with E-state index < -0.39 is 5.60 Å². The number of aromatic hydroxyl groups is 1. The zero-order valence-electron chi connectivity index (χ0n) is 17.2. The summed E-state index contributed by atoms with van der Waals surface area (Å²) >= 11 is 0. The highest BCUT2D eigenvalue weighted by Crippen LogP contribution is 2.43. The molecule has 1 aromatic heterocycles. The third-order valence-electron chi connectivity index (χ3n) is 5.90. The van der Waals surface area contributed by atoms with Crippen molar-refractivity contribution in [1.29, 1.82) is 0 Å². The number of likely N-dealkylation sites (N-methyl/N-ethyl adjacent to an activating group) is 1. The predicted molar refractivity (Wildman–Crippen MR) is 102 cm³/mol. The summed E-state index contributed by atoms with van der Waals surface area (Å²) in [6.07, 6.45) is 1.25. The van der Waals surface area contributed by atoms with Crippen LogP contribution in [0.3, 0.4) is 0 Å². The van der Waals surface area contributed by atoms with E-state index in [9.17, 15) is 9.90 Å². The second-order valence-corrected chi connectivity index (χ2v) is 7.83. The number of aromatic nitrogens is 1. The highest BCUT2D eigenvalue weighted by Gasteiger charge is 2.42. The number of benzene rings is 1. The quantitative estimate of drug-likeness (QED) is 0.890. The van der Waals surface area contributed by atoms with Crippen molar-refractivity contribution in [3.05, 3.63) is 39.3 Å². The number of hydrogen-bond acceptors (Lipinski definition) is 5. The Morgan fingerprint density at radius 2 is 1.85 bits per heavy atom. The van der Waals surface area contributed by atoms with Crippen LogP contribution in [-0.2, 0) is 17.8 Å². The van der Waals surface area contributed by atoms with Gasteiger partial charge in [-0.15, -0.1) is 0 Å². The van der Waals surface area contributed by atoms with E-state index in [1.54, 1.807) is 11.9 Å². The Hall–Kier alpha value is -2.50. The van der Waals surface area contributed by atoms with Crippen molar-refractivity contribution in [1.82, 2.24) is 10.1 Å². The molecule has 0 radical (unpaired) electrons. The van der Waals surface area contributed by atoms with Gasteiger partial charge < -0.3 is 19.3 Å². The minimum absolute atomic E-state index is 0.0732. The molecule has 1 N–H and O–H groups in total. The Bertz CT molecular complexity index is 896. The smallest absolute Gasteiger partial charge is 0.266 e. The van der Waals surface area contributed by atoms with E-state index in [1.807, 2.05) is 41.5 Å². The first-order valence-electron chi connectivity index (χ1n) is 9.24. The largest absolute Gasteiger partial charge is 0.507 e. The van der Waals surface area contributed by atoms with Crippen molar-refractivity contribution in [2.24, 2.45) is 0 Å². The summed E-state index contributed by atoms with van der Waals surface area (Å²) in [5, 5.41) is 14.3. The van der Waals surface area contributed by atoms with Crippen LogP contribution in [0.4, 0.5) is 0 Å². The summed E-state index contributed by atoms with van der Waals surface area (Å²) in [4.78, 5) is 14.9. The molecule has 1 atom stereocenters. The van der Waals surface area contributed by atoms with Crippen LogP contribution in [0.25, 0.3) is 0 Å². The van der Waals surface area contributed by atoms with Crippen LogP contribution >= 0.6 is 0 Å². The Balaban J connectivity index is 1.89. The van der Waals surface area contributed by atoms with Crippen molar-refractivity contribution >= 4 is 5.91 Å². The lowest BCUT2D eigenvalue weighted by atomic mass is 9.86. The lowest BCUT2D eigenvalue weighted by molar-refractivity contribution is -0.147. The van der Waals surface area contributed by atoms with Gasteiger partial charge in [-0.05, 0) is 64.7 Å². The van der Waals surface area contributed by atoms with Gasteiger partial charge in [-0.3, -0.25) is 4.79 Å². The average molecular weight is 372 g/mol. The summed E-state index contributed by atoms with van der Waals surface area (Å²) in [6.45, 7) is 11.7. The normalized spacial score (nSPS) is 18.8. The van der Waals surface area contributed by atoms with E-state index in [2.05, 4.69) is 5.16 Å². The number of nitrogens with zero attached hydrogens (tertiary/aromatic N) is 2. The van der Waals surface area contributed by atoms with Crippen LogP contribution in [-0.4, -0.2) is 33.7 Å². The molecule has 27 heavy (non-hydrogen) atoms. The zero-order chi connectivity index (χ0) is 20.1. The molecule has 1 aliphatic rings. The number of rotatable bonds is 3. The van der Waals surface area contributed by atoms with E-state index >= 15 is 0 Å². The monoisotopic (exact) mass is 372 g/mol. The molecule has 3 rings (SSSR count). The molecular weight excluding hydrogens is 344 g/mol. The fraction of sp³-hybridized carbons (Fsp3) is 0.524. The third-order valence-corrected chi connectivity index (χ3v) is 5.90. The topological polar surface area (TPSA) is 75.8 Å². The number of carbonyl (C=O) groups is 1. The fourth-order valence-corrected chi connectivity index (χ4v) is 3.84. The van der Waals surface area contributed by atoms with Gasteiger partial charge in [0.2, 0.25) is 0 Å². The maximum atomic E-state index is 13.2. The summed E-state index contributed by atoms with van der Waals surface area (Å²) in [7, 11) is 1.78. The van der Waals surface area contributed by atoms with Gasteiger partial charge in [-0.25, -0.2) is 0 Å². The van der Waals surface area contributed by atoms with Crippen LogP contribution in [0.15, 0.2) is 4.52 Å². The first-order valence-corrected chi connectivity index (χ1v) is 9.24. The minimum atomic E-state index is -0.943. The first kappa shape index (κ1) is 19.3. The highest BCUT2D eigenvalue weighted by molar-refractivity contribution is 5.85. The number of carbonyl (C=O) groups excluding carboxylic acids is 1. The molecule has 1 unspecified atom stereocenters. The molecule has 6 heteroatoms. The van der Waals surface area contributed by atoms with Crippen molar-refractivity contribution < 1.29 is 19.2 Å². The summed E-state index contributed by atoms with van der Waals surface area (Å²) < 4.78 is 11.5. The van der Waals surface area contributed by atoms with Gasteiger partial charge in [0, 0.05) is 24.6 Å². The summed E-state index contributed by atoms with van der Waals surface area (Å²) in [6, 6.07) is 0. The number of phenolic OH excluding ortho intramolecular Hbond substituents is 1. The van der Waals surface area contributed by atoms with E-state index in [0.29, 0.717) is 25.1 Å². The molecule has 0 spiro atoms. The van der Waals surface area contributed by atoms with E-state index in [1.165, 1.54) is 0 Å². The number of hydrogen-bond donors (Lipinski definition) is 1. The van der Waals surface area contributed by atoms with Crippen molar-refractivity contribution in [3.8, 4) is 11.5 Å². The van der Waals surface area contributed by atoms with Crippen LogP contribution < -0.4 is 4.74 Å². The Morgan fingerprint density at radius 3 is 2.44 bits per heavy atom. The molecule has 0 aliphatic carbocycles. The van der Waals surface area contributed by atoms with E-state index in [-0.39, 0.29) is 5.91 Å². The van der Waals surface area contributed by atoms with E-state index in [4.69, 9.17) is 9.26 Å². The molecule has 2 aromatic rings. The average Bonchev–Trinajstić information content (AvgIpc) is 2.95. The number of amides is 1. The fourth-order valence-electron chi connectivity index (χ4n) is 3.84. The van der Waals surface area contributed by atoms with Gasteiger partial charge in [-0.1, -0.05) is 5.16 Å². The molecule has 0 saturated heterocycles. The summed E-state index contributed by atoms with van der Waals surface area (Å²) in [5.41, 5.74) is 4.30. The zero-order valence-corrected chi connectivity index (χ0v) is 17.2. The van der Waals surface area contributed by atoms with Crippen LogP contribution in [0.5, 0.6) is 11.5 Å². The lowest BCUT2D eigenvalue weighted by Crippen LogP contribution is -2.51.